The Morgan fingerprint density at radius 3 is 3.00 bits per heavy atom. The van der Waals surface area contributed by atoms with Gasteiger partial charge in [0.2, 0.25) is 0 Å². The molecule has 1 aliphatic rings. The van der Waals surface area contributed by atoms with Crippen LogP contribution in [-0.4, -0.2) is 30.6 Å². The van der Waals surface area contributed by atoms with Gasteiger partial charge in [0.05, 0.1) is 0 Å². The van der Waals surface area contributed by atoms with Gasteiger partial charge in [0, 0.05) is 23.5 Å². The van der Waals surface area contributed by atoms with Crippen molar-refractivity contribution in [2.45, 2.75) is 45.7 Å². The van der Waals surface area contributed by atoms with Gasteiger partial charge in [0.1, 0.15) is 0 Å². The average Bonchev–Trinajstić information content (AvgIpc) is 2.92. The molecular weight excluding hydrogens is 240 g/mol. The summed E-state index contributed by atoms with van der Waals surface area (Å²) < 4.78 is 0. The monoisotopic (exact) mass is 266 g/mol. The number of rotatable bonds is 5. The summed E-state index contributed by atoms with van der Waals surface area (Å²) in [5, 5.41) is 5.94. The Hall–Kier alpha value is -0.380. The minimum absolute atomic E-state index is 0.483. The highest BCUT2D eigenvalue weighted by Gasteiger charge is 2.24. The van der Waals surface area contributed by atoms with Crippen molar-refractivity contribution in [3.05, 3.63) is 22.4 Å². The van der Waals surface area contributed by atoms with E-state index in [1.807, 2.05) is 11.3 Å². The van der Waals surface area contributed by atoms with Gasteiger partial charge in [-0.15, -0.1) is 11.3 Å². The average molecular weight is 266 g/mol. The van der Waals surface area contributed by atoms with Gasteiger partial charge in [0.25, 0.3) is 0 Å². The second-order valence-electron chi connectivity index (χ2n) is 5.49. The van der Waals surface area contributed by atoms with Crippen LogP contribution >= 0.6 is 11.3 Å². The van der Waals surface area contributed by atoms with E-state index in [0.29, 0.717) is 12.1 Å². The van der Waals surface area contributed by atoms with Crippen LogP contribution in [-0.2, 0) is 0 Å². The lowest BCUT2D eigenvalue weighted by Crippen LogP contribution is -2.44. The SMILES string of the molecule is CCN1CCCC(C(C)NC(C)c2cccs2)C1. The van der Waals surface area contributed by atoms with Gasteiger partial charge in [-0.3, -0.25) is 0 Å². The van der Waals surface area contributed by atoms with Crippen LogP contribution in [0.25, 0.3) is 0 Å². The largest absolute Gasteiger partial charge is 0.307 e. The molecule has 0 radical (unpaired) electrons. The van der Waals surface area contributed by atoms with Crippen LogP contribution in [0, 0.1) is 5.92 Å². The highest BCUT2D eigenvalue weighted by molar-refractivity contribution is 7.10. The van der Waals surface area contributed by atoms with Crippen molar-refractivity contribution in [2.75, 3.05) is 19.6 Å². The van der Waals surface area contributed by atoms with Crippen molar-refractivity contribution in [3.63, 3.8) is 0 Å². The Morgan fingerprint density at radius 1 is 1.50 bits per heavy atom. The Bertz CT molecular complexity index is 336. The molecule has 3 unspecified atom stereocenters. The van der Waals surface area contributed by atoms with Crippen molar-refractivity contribution in [1.29, 1.82) is 0 Å². The van der Waals surface area contributed by atoms with E-state index >= 15 is 0 Å². The van der Waals surface area contributed by atoms with Gasteiger partial charge in [-0.05, 0) is 57.1 Å². The van der Waals surface area contributed by atoms with Crippen LogP contribution in [0.1, 0.15) is 44.5 Å². The third-order valence-corrected chi connectivity index (χ3v) is 5.23. The summed E-state index contributed by atoms with van der Waals surface area (Å²) in [5.74, 6) is 0.807. The van der Waals surface area contributed by atoms with Crippen molar-refractivity contribution in [2.24, 2.45) is 5.92 Å². The van der Waals surface area contributed by atoms with Crippen LogP contribution < -0.4 is 5.32 Å². The number of hydrogen-bond acceptors (Lipinski definition) is 3. The van der Waals surface area contributed by atoms with Crippen LogP contribution in [0.3, 0.4) is 0 Å². The molecule has 0 amide bonds. The molecule has 1 fully saturated rings. The smallest absolute Gasteiger partial charge is 0.0388 e. The van der Waals surface area contributed by atoms with E-state index in [1.165, 1.54) is 37.4 Å². The molecule has 1 aromatic rings. The molecule has 1 aromatic heterocycles. The molecule has 0 saturated carbocycles. The van der Waals surface area contributed by atoms with Crippen LogP contribution in [0.4, 0.5) is 0 Å². The van der Waals surface area contributed by atoms with E-state index in [0.717, 1.165) is 5.92 Å². The first-order valence-electron chi connectivity index (χ1n) is 7.22. The zero-order valence-corrected chi connectivity index (χ0v) is 12.7. The number of nitrogens with zero attached hydrogens (tertiary/aromatic N) is 1. The number of thiophene rings is 1. The second kappa shape index (κ2) is 6.69. The van der Waals surface area contributed by atoms with E-state index in [-0.39, 0.29) is 0 Å². The highest BCUT2D eigenvalue weighted by atomic mass is 32.1. The molecule has 2 nitrogen and oxygen atoms in total. The van der Waals surface area contributed by atoms with Gasteiger partial charge in [-0.25, -0.2) is 0 Å². The predicted octanol–water partition coefficient (Wildman–Crippen LogP) is 3.52. The van der Waals surface area contributed by atoms with Crippen molar-refractivity contribution in [3.8, 4) is 0 Å². The fourth-order valence-electron chi connectivity index (χ4n) is 2.94. The van der Waals surface area contributed by atoms with Crippen molar-refractivity contribution in [1.82, 2.24) is 10.2 Å². The molecule has 1 aliphatic heterocycles. The van der Waals surface area contributed by atoms with Gasteiger partial charge < -0.3 is 10.2 Å². The molecule has 1 saturated heterocycles. The third kappa shape index (κ3) is 3.56. The quantitative estimate of drug-likeness (QED) is 0.877. The fraction of sp³-hybridized carbons (Fsp3) is 0.733. The summed E-state index contributed by atoms with van der Waals surface area (Å²) in [4.78, 5) is 4.03. The van der Waals surface area contributed by atoms with Gasteiger partial charge in [-0.1, -0.05) is 13.0 Å². The number of likely N-dealkylation sites (tertiary alicyclic amines) is 1. The Morgan fingerprint density at radius 2 is 2.33 bits per heavy atom. The Labute approximate surface area is 115 Å². The van der Waals surface area contributed by atoms with Crippen molar-refractivity contribution >= 4 is 11.3 Å². The summed E-state index contributed by atoms with van der Waals surface area (Å²) in [6, 6.07) is 5.46. The molecule has 0 aliphatic carbocycles. The molecule has 3 atom stereocenters. The zero-order valence-electron chi connectivity index (χ0n) is 11.9. The molecule has 3 heteroatoms. The summed E-state index contributed by atoms with van der Waals surface area (Å²) in [5.41, 5.74) is 0. The van der Waals surface area contributed by atoms with Crippen LogP contribution in [0.2, 0.25) is 0 Å². The maximum absolute atomic E-state index is 3.78. The molecular formula is C15H26N2S. The number of nitrogens with one attached hydrogen (secondary N) is 1. The highest BCUT2D eigenvalue weighted by Crippen LogP contribution is 2.23. The molecule has 2 heterocycles. The zero-order chi connectivity index (χ0) is 13.0. The van der Waals surface area contributed by atoms with Crippen LogP contribution in [0.5, 0.6) is 0 Å². The predicted molar refractivity (Wildman–Crippen MR) is 80.2 cm³/mol. The molecule has 102 valence electrons. The first kappa shape index (κ1) is 14.0. The standard InChI is InChI=1S/C15H26N2S/c1-4-17-9-5-7-14(11-17)12(2)16-13(3)15-8-6-10-18-15/h6,8,10,12-14,16H,4-5,7,9,11H2,1-3H3. The first-order valence-corrected chi connectivity index (χ1v) is 8.10. The van der Waals surface area contributed by atoms with E-state index in [2.05, 4.69) is 48.5 Å². The molecule has 18 heavy (non-hydrogen) atoms. The van der Waals surface area contributed by atoms with Crippen LogP contribution in [0.15, 0.2) is 17.5 Å². The van der Waals surface area contributed by atoms with Gasteiger partial charge in [0.15, 0.2) is 0 Å². The molecule has 0 aromatic carbocycles. The van der Waals surface area contributed by atoms with Crippen molar-refractivity contribution < 1.29 is 0 Å². The number of piperidine rings is 1. The maximum Gasteiger partial charge on any atom is 0.0388 e. The van der Waals surface area contributed by atoms with Gasteiger partial charge >= 0.3 is 0 Å². The van der Waals surface area contributed by atoms with Gasteiger partial charge in [-0.2, -0.15) is 0 Å². The second-order valence-corrected chi connectivity index (χ2v) is 6.47. The molecule has 0 spiro atoms. The van der Waals surface area contributed by atoms with E-state index < -0.39 is 0 Å². The van der Waals surface area contributed by atoms with E-state index in [4.69, 9.17) is 0 Å². The summed E-state index contributed by atoms with van der Waals surface area (Å²) in [6.45, 7) is 10.7. The first-order chi connectivity index (χ1) is 8.70. The maximum atomic E-state index is 3.78. The minimum Gasteiger partial charge on any atom is -0.307 e. The lowest BCUT2D eigenvalue weighted by molar-refractivity contribution is 0.153. The normalized spacial score (nSPS) is 24.9. The minimum atomic E-state index is 0.483. The Kier molecular flexibility index (Phi) is 5.22. The Balaban J connectivity index is 1.85. The lowest BCUT2D eigenvalue weighted by Gasteiger charge is -2.36. The summed E-state index contributed by atoms with van der Waals surface area (Å²) >= 11 is 1.85. The molecule has 0 bridgehead atoms. The summed E-state index contributed by atoms with van der Waals surface area (Å²) in [6.07, 6.45) is 2.74. The third-order valence-electron chi connectivity index (χ3n) is 4.18. The summed E-state index contributed by atoms with van der Waals surface area (Å²) in [7, 11) is 0. The van der Waals surface area contributed by atoms with E-state index in [1.54, 1.807) is 0 Å². The topological polar surface area (TPSA) is 15.3 Å². The molecule has 2 rings (SSSR count). The number of hydrogen-bond donors (Lipinski definition) is 1. The fourth-order valence-corrected chi connectivity index (χ4v) is 3.68. The molecule has 1 N–H and O–H groups in total. The van der Waals surface area contributed by atoms with E-state index in [9.17, 15) is 0 Å². The lowest BCUT2D eigenvalue weighted by atomic mass is 9.91.